The number of aromatic nitrogens is 5. The second kappa shape index (κ2) is 7.09. The maximum Gasteiger partial charge on any atom is 0.256 e. The number of hydrogen-bond donors (Lipinski definition) is 1. The molecule has 146 valence electrons. The predicted octanol–water partition coefficient (Wildman–Crippen LogP) is 4.00. The van der Waals surface area contributed by atoms with Crippen LogP contribution in [0.4, 0.5) is 5.69 Å². The van der Waals surface area contributed by atoms with Crippen LogP contribution in [0.5, 0.6) is 0 Å². The zero-order valence-corrected chi connectivity index (χ0v) is 17.1. The predicted molar refractivity (Wildman–Crippen MR) is 113 cm³/mol. The lowest BCUT2D eigenvalue weighted by Gasteiger charge is -2.12. The summed E-state index contributed by atoms with van der Waals surface area (Å²) in [6.07, 6.45) is 3.49. The minimum atomic E-state index is -0.204. The second-order valence-corrected chi connectivity index (χ2v) is 7.21. The van der Waals surface area contributed by atoms with Gasteiger partial charge in [-0.2, -0.15) is 5.10 Å². The van der Waals surface area contributed by atoms with Crippen molar-refractivity contribution in [2.24, 2.45) is 0 Å². The molecule has 0 saturated heterocycles. The van der Waals surface area contributed by atoms with Gasteiger partial charge in [-0.15, -0.1) is 0 Å². The van der Waals surface area contributed by atoms with Gasteiger partial charge >= 0.3 is 0 Å². The molecule has 4 aromatic heterocycles. The summed E-state index contributed by atoms with van der Waals surface area (Å²) >= 11 is 0. The van der Waals surface area contributed by atoms with Crippen LogP contribution in [0.3, 0.4) is 0 Å². The van der Waals surface area contributed by atoms with Crippen LogP contribution >= 0.6 is 0 Å². The van der Waals surface area contributed by atoms with Crippen molar-refractivity contribution in [2.75, 3.05) is 5.32 Å². The number of aryl methyl sites for hydroxylation is 5. The van der Waals surface area contributed by atoms with Gasteiger partial charge in [-0.05, 0) is 64.4 Å². The summed E-state index contributed by atoms with van der Waals surface area (Å²) in [6, 6.07) is 7.55. The van der Waals surface area contributed by atoms with Gasteiger partial charge in [0.2, 0.25) is 0 Å². The molecule has 1 N–H and O–H groups in total. The first kappa shape index (κ1) is 18.7. The molecular formula is C22H22N6O. The number of anilines is 1. The maximum absolute atomic E-state index is 13.2. The molecule has 0 unspecified atom stereocenters. The van der Waals surface area contributed by atoms with E-state index in [1.807, 2.05) is 52.8 Å². The van der Waals surface area contributed by atoms with Gasteiger partial charge in [0.15, 0.2) is 5.65 Å². The number of nitrogens with one attached hydrogen (secondary N) is 1. The van der Waals surface area contributed by atoms with E-state index >= 15 is 0 Å². The van der Waals surface area contributed by atoms with E-state index in [0.717, 1.165) is 45.1 Å². The summed E-state index contributed by atoms with van der Waals surface area (Å²) < 4.78 is 1.74. The Labute approximate surface area is 168 Å². The van der Waals surface area contributed by atoms with Gasteiger partial charge in [0.1, 0.15) is 0 Å². The highest BCUT2D eigenvalue weighted by molar-refractivity contribution is 6.13. The largest absolute Gasteiger partial charge is 0.320 e. The van der Waals surface area contributed by atoms with E-state index in [9.17, 15) is 4.79 Å². The fourth-order valence-corrected chi connectivity index (χ4v) is 3.42. The Bertz CT molecular complexity index is 1220. The average Bonchev–Trinajstić information content (AvgIpc) is 3.01. The average molecular weight is 386 g/mol. The van der Waals surface area contributed by atoms with Crippen molar-refractivity contribution in [2.45, 2.75) is 34.6 Å². The zero-order valence-electron chi connectivity index (χ0n) is 17.1. The number of amides is 1. The van der Waals surface area contributed by atoms with Crippen LogP contribution in [0.25, 0.3) is 16.7 Å². The maximum atomic E-state index is 13.2. The molecular weight excluding hydrogens is 364 g/mol. The molecule has 7 heteroatoms. The van der Waals surface area contributed by atoms with Crippen LogP contribution in [0.1, 0.15) is 38.7 Å². The summed E-state index contributed by atoms with van der Waals surface area (Å²) in [6.45, 7) is 9.52. The van der Waals surface area contributed by atoms with Gasteiger partial charge in [0.25, 0.3) is 5.91 Å². The van der Waals surface area contributed by atoms with E-state index in [0.29, 0.717) is 11.2 Å². The molecule has 0 aliphatic carbocycles. The van der Waals surface area contributed by atoms with E-state index in [4.69, 9.17) is 0 Å². The number of carbonyl (C=O) groups excluding carboxylic acids is 1. The number of rotatable bonds is 3. The monoisotopic (exact) mass is 386 g/mol. The van der Waals surface area contributed by atoms with Crippen LogP contribution in [0.2, 0.25) is 0 Å². The molecule has 0 aliphatic heterocycles. The molecule has 1 amide bonds. The fourth-order valence-electron chi connectivity index (χ4n) is 3.42. The third-order valence-electron chi connectivity index (χ3n) is 4.91. The SMILES string of the molecule is Cc1ccc(-n2nc(C)c3c(C(=O)Nc4c(C)ccnc4C)cc(C)nc32)cn1. The molecule has 0 fully saturated rings. The Hall–Kier alpha value is -3.61. The van der Waals surface area contributed by atoms with E-state index in [2.05, 4.69) is 25.4 Å². The summed E-state index contributed by atoms with van der Waals surface area (Å²) in [7, 11) is 0. The first-order valence-corrected chi connectivity index (χ1v) is 9.38. The van der Waals surface area contributed by atoms with Gasteiger partial charge < -0.3 is 5.32 Å². The van der Waals surface area contributed by atoms with Gasteiger partial charge in [0, 0.05) is 17.6 Å². The van der Waals surface area contributed by atoms with Crippen LogP contribution in [-0.4, -0.2) is 30.6 Å². The third-order valence-corrected chi connectivity index (χ3v) is 4.91. The minimum absolute atomic E-state index is 0.204. The molecule has 0 aromatic carbocycles. The quantitative estimate of drug-likeness (QED) is 0.575. The van der Waals surface area contributed by atoms with Crippen molar-refractivity contribution in [1.82, 2.24) is 24.7 Å². The number of carbonyl (C=O) groups is 1. The highest BCUT2D eigenvalue weighted by Gasteiger charge is 2.20. The Balaban J connectivity index is 1.85. The number of nitrogens with zero attached hydrogens (tertiary/aromatic N) is 5. The van der Waals surface area contributed by atoms with Crippen molar-refractivity contribution in [3.05, 3.63) is 70.6 Å². The topological polar surface area (TPSA) is 85.6 Å². The molecule has 0 spiro atoms. The van der Waals surface area contributed by atoms with Crippen molar-refractivity contribution in [1.29, 1.82) is 0 Å². The summed E-state index contributed by atoms with van der Waals surface area (Å²) in [5.41, 5.74) is 6.85. The van der Waals surface area contributed by atoms with E-state index in [-0.39, 0.29) is 5.91 Å². The first-order valence-electron chi connectivity index (χ1n) is 9.38. The lowest BCUT2D eigenvalue weighted by Crippen LogP contribution is -2.15. The normalized spacial score (nSPS) is 11.1. The highest BCUT2D eigenvalue weighted by Crippen LogP contribution is 2.26. The van der Waals surface area contributed by atoms with Crippen LogP contribution in [-0.2, 0) is 0 Å². The second-order valence-electron chi connectivity index (χ2n) is 7.21. The molecule has 0 radical (unpaired) electrons. The molecule has 4 heterocycles. The van der Waals surface area contributed by atoms with Gasteiger partial charge in [0.05, 0.1) is 39.9 Å². The van der Waals surface area contributed by atoms with Gasteiger partial charge in [-0.25, -0.2) is 9.67 Å². The van der Waals surface area contributed by atoms with Gasteiger partial charge in [-0.1, -0.05) is 0 Å². The number of hydrogen-bond acceptors (Lipinski definition) is 5. The Morgan fingerprint density at radius 1 is 0.966 bits per heavy atom. The summed E-state index contributed by atoms with van der Waals surface area (Å²) in [5.74, 6) is -0.204. The summed E-state index contributed by atoms with van der Waals surface area (Å²) in [5, 5.41) is 8.39. The standard InChI is InChI=1S/C22H22N6O/c1-12-8-9-23-16(5)20(12)26-22(29)18-10-14(3)25-21-19(18)15(4)27-28(21)17-7-6-13(2)24-11-17/h6-11H,1-5H3,(H,26,29). The molecule has 0 atom stereocenters. The van der Waals surface area contributed by atoms with E-state index < -0.39 is 0 Å². The van der Waals surface area contributed by atoms with Crippen molar-refractivity contribution in [3.63, 3.8) is 0 Å². The Kier molecular flexibility index (Phi) is 4.58. The molecule has 0 bridgehead atoms. The molecule has 4 aromatic rings. The molecule has 0 saturated carbocycles. The smallest absolute Gasteiger partial charge is 0.256 e. The van der Waals surface area contributed by atoms with Crippen molar-refractivity contribution < 1.29 is 4.79 Å². The minimum Gasteiger partial charge on any atom is -0.320 e. The van der Waals surface area contributed by atoms with E-state index in [1.54, 1.807) is 23.1 Å². The molecule has 0 aliphatic rings. The number of fused-ring (bicyclic) bond motifs is 1. The fraction of sp³-hybridized carbons (Fsp3) is 0.227. The van der Waals surface area contributed by atoms with Gasteiger partial charge in [-0.3, -0.25) is 14.8 Å². The zero-order chi connectivity index (χ0) is 20.7. The third kappa shape index (κ3) is 3.35. The highest BCUT2D eigenvalue weighted by atomic mass is 16.1. The molecule has 7 nitrogen and oxygen atoms in total. The van der Waals surface area contributed by atoms with Crippen LogP contribution in [0.15, 0.2) is 36.7 Å². The lowest BCUT2D eigenvalue weighted by molar-refractivity contribution is 0.102. The number of pyridine rings is 3. The van der Waals surface area contributed by atoms with E-state index in [1.165, 1.54) is 0 Å². The van der Waals surface area contributed by atoms with Crippen molar-refractivity contribution >= 4 is 22.6 Å². The lowest BCUT2D eigenvalue weighted by atomic mass is 10.1. The first-order chi connectivity index (χ1) is 13.8. The Morgan fingerprint density at radius 2 is 1.76 bits per heavy atom. The summed E-state index contributed by atoms with van der Waals surface area (Å²) in [4.78, 5) is 26.5. The van der Waals surface area contributed by atoms with Crippen molar-refractivity contribution in [3.8, 4) is 5.69 Å². The molecule has 4 rings (SSSR count). The van der Waals surface area contributed by atoms with Crippen LogP contribution < -0.4 is 5.32 Å². The Morgan fingerprint density at radius 3 is 2.45 bits per heavy atom. The van der Waals surface area contributed by atoms with Crippen LogP contribution in [0, 0.1) is 34.6 Å². The molecule has 29 heavy (non-hydrogen) atoms.